The van der Waals surface area contributed by atoms with Gasteiger partial charge in [-0.1, -0.05) is 6.42 Å². The van der Waals surface area contributed by atoms with Crippen LogP contribution in [0.25, 0.3) is 0 Å². The summed E-state index contributed by atoms with van der Waals surface area (Å²) in [5.41, 5.74) is 1.04. The maximum atomic E-state index is 5.80. The van der Waals surface area contributed by atoms with Gasteiger partial charge in [0.05, 0.1) is 11.8 Å². The van der Waals surface area contributed by atoms with E-state index >= 15 is 0 Å². The van der Waals surface area contributed by atoms with Gasteiger partial charge < -0.3 is 10.1 Å². The maximum absolute atomic E-state index is 5.80. The molecule has 2 unspecified atom stereocenters. The number of fused-ring (bicyclic) bond motifs is 1. The maximum Gasteiger partial charge on any atom is 0.237 e. The molecule has 0 spiro atoms. The molecule has 0 radical (unpaired) electrons. The van der Waals surface area contributed by atoms with Crippen LogP contribution in [0.15, 0.2) is 18.3 Å². The van der Waals surface area contributed by atoms with Gasteiger partial charge in [0.1, 0.15) is 0 Å². The molecule has 3 heterocycles. The third-order valence-corrected chi connectivity index (χ3v) is 4.32. The van der Waals surface area contributed by atoms with Gasteiger partial charge in [0, 0.05) is 24.8 Å². The largest absolute Gasteiger partial charge is 0.473 e. The van der Waals surface area contributed by atoms with Crippen molar-refractivity contribution in [1.82, 2.24) is 9.88 Å². The van der Waals surface area contributed by atoms with Gasteiger partial charge in [-0.3, -0.25) is 4.90 Å². The first-order chi connectivity index (χ1) is 9.74. The van der Waals surface area contributed by atoms with E-state index in [-0.39, 0.29) is 6.10 Å². The standard InChI is InChI=1S/C16H25N3O/c1-12(2)20-16-14(6-5-9-17-16)18-13-8-11-19-10-4-3-7-15(13)19/h5-6,9,12-13,15,18H,3-4,7-8,10-11H2,1-2H3. The lowest BCUT2D eigenvalue weighted by molar-refractivity contribution is 0.192. The average Bonchev–Trinajstić information content (AvgIpc) is 2.84. The molecule has 1 aromatic rings. The van der Waals surface area contributed by atoms with Crippen molar-refractivity contribution in [2.75, 3.05) is 18.4 Å². The zero-order valence-corrected chi connectivity index (χ0v) is 12.5. The molecule has 0 saturated carbocycles. The normalized spacial score (nSPS) is 26.6. The van der Waals surface area contributed by atoms with Gasteiger partial charge in [-0.2, -0.15) is 0 Å². The van der Waals surface area contributed by atoms with Crippen LogP contribution in [0, 0.1) is 0 Å². The molecule has 1 N–H and O–H groups in total. The monoisotopic (exact) mass is 275 g/mol. The van der Waals surface area contributed by atoms with Crippen LogP contribution in [0.1, 0.15) is 39.5 Å². The molecule has 1 aromatic heterocycles. The topological polar surface area (TPSA) is 37.4 Å². The second-order valence-corrected chi connectivity index (χ2v) is 6.16. The Morgan fingerprint density at radius 2 is 2.20 bits per heavy atom. The van der Waals surface area contributed by atoms with Crippen molar-refractivity contribution in [3.63, 3.8) is 0 Å². The van der Waals surface area contributed by atoms with Gasteiger partial charge in [0.2, 0.25) is 5.88 Å². The molecule has 0 aromatic carbocycles. The summed E-state index contributed by atoms with van der Waals surface area (Å²) in [6.45, 7) is 6.57. The van der Waals surface area contributed by atoms with Crippen LogP contribution in [0.3, 0.4) is 0 Å². The molecule has 2 saturated heterocycles. The summed E-state index contributed by atoms with van der Waals surface area (Å²) in [6.07, 6.45) is 7.21. The van der Waals surface area contributed by atoms with Crippen LogP contribution < -0.4 is 10.1 Å². The van der Waals surface area contributed by atoms with E-state index in [4.69, 9.17) is 4.74 Å². The first-order valence-corrected chi connectivity index (χ1v) is 7.86. The van der Waals surface area contributed by atoms with Crippen molar-refractivity contribution < 1.29 is 4.74 Å². The molecule has 4 heteroatoms. The second-order valence-electron chi connectivity index (χ2n) is 6.16. The van der Waals surface area contributed by atoms with E-state index in [1.807, 2.05) is 19.9 Å². The van der Waals surface area contributed by atoms with Crippen molar-refractivity contribution in [1.29, 1.82) is 0 Å². The van der Waals surface area contributed by atoms with Crippen LogP contribution in [0.2, 0.25) is 0 Å². The summed E-state index contributed by atoms with van der Waals surface area (Å²) >= 11 is 0. The van der Waals surface area contributed by atoms with E-state index in [1.165, 1.54) is 38.8 Å². The van der Waals surface area contributed by atoms with Gasteiger partial charge >= 0.3 is 0 Å². The number of ether oxygens (including phenoxy) is 1. The van der Waals surface area contributed by atoms with Crippen LogP contribution >= 0.6 is 0 Å². The van der Waals surface area contributed by atoms with Crippen LogP contribution in [-0.4, -0.2) is 41.2 Å². The van der Waals surface area contributed by atoms with E-state index in [0.717, 1.165) is 11.6 Å². The van der Waals surface area contributed by atoms with E-state index < -0.39 is 0 Å². The summed E-state index contributed by atoms with van der Waals surface area (Å²) in [4.78, 5) is 7.01. The van der Waals surface area contributed by atoms with Gasteiger partial charge in [-0.15, -0.1) is 0 Å². The highest BCUT2D eigenvalue weighted by atomic mass is 16.5. The van der Waals surface area contributed by atoms with Crippen molar-refractivity contribution >= 4 is 5.69 Å². The number of rotatable bonds is 4. The molecule has 20 heavy (non-hydrogen) atoms. The molecular weight excluding hydrogens is 250 g/mol. The predicted octanol–water partition coefficient (Wildman–Crippen LogP) is 2.91. The molecule has 3 rings (SSSR count). The van der Waals surface area contributed by atoms with E-state index in [9.17, 15) is 0 Å². The molecule has 0 bridgehead atoms. The van der Waals surface area contributed by atoms with Crippen LogP contribution in [0.5, 0.6) is 5.88 Å². The van der Waals surface area contributed by atoms with Crippen LogP contribution in [-0.2, 0) is 0 Å². The van der Waals surface area contributed by atoms with Crippen LogP contribution in [0.4, 0.5) is 5.69 Å². The first-order valence-electron chi connectivity index (χ1n) is 7.86. The van der Waals surface area contributed by atoms with E-state index in [2.05, 4.69) is 21.3 Å². The summed E-state index contributed by atoms with van der Waals surface area (Å²) in [6, 6.07) is 5.28. The van der Waals surface area contributed by atoms with Crippen molar-refractivity contribution in [3.05, 3.63) is 18.3 Å². The molecule has 2 fully saturated rings. The fraction of sp³-hybridized carbons (Fsp3) is 0.688. The van der Waals surface area contributed by atoms with Crippen molar-refractivity contribution in [2.45, 2.75) is 57.7 Å². The Balaban J connectivity index is 1.71. The van der Waals surface area contributed by atoms with Crippen molar-refractivity contribution in [3.8, 4) is 5.88 Å². The zero-order valence-electron chi connectivity index (χ0n) is 12.5. The Morgan fingerprint density at radius 1 is 1.30 bits per heavy atom. The Kier molecular flexibility index (Phi) is 4.10. The minimum Gasteiger partial charge on any atom is -0.473 e. The Labute approximate surface area is 121 Å². The predicted molar refractivity (Wildman–Crippen MR) is 81.2 cm³/mol. The summed E-state index contributed by atoms with van der Waals surface area (Å²) in [5.74, 6) is 0.733. The lowest BCUT2D eigenvalue weighted by atomic mass is 9.99. The molecule has 2 atom stereocenters. The number of piperidine rings is 1. The van der Waals surface area contributed by atoms with Gasteiger partial charge in [0.25, 0.3) is 0 Å². The lowest BCUT2D eigenvalue weighted by Crippen LogP contribution is -2.41. The fourth-order valence-corrected chi connectivity index (χ4v) is 3.43. The number of pyridine rings is 1. The Morgan fingerprint density at radius 3 is 3.05 bits per heavy atom. The Bertz CT molecular complexity index is 449. The highest BCUT2D eigenvalue weighted by Crippen LogP contribution is 2.31. The average molecular weight is 275 g/mol. The summed E-state index contributed by atoms with van der Waals surface area (Å²) < 4.78 is 5.80. The van der Waals surface area contributed by atoms with Crippen molar-refractivity contribution in [2.24, 2.45) is 0 Å². The van der Waals surface area contributed by atoms with Gasteiger partial charge in [-0.05, 0) is 51.8 Å². The van der Waals surface area contributed by atoms with Gasteiger partial charge in [0.15, 0.2) is 0 Å². The quantitative estimate of drug-likeness (QED) is 0.917. The highest BCUT2D eigenvalue weighted by molar-refractivity contribution is 5.53. The van der Waals surface area contributed by atoms with Gasteiger partial charge in [-0.25, -0.2) is 4.98 Å². The minimum atomic E-state index is 0.153. The molecule has 2 aliphatic rings. The van der Waals surface area contributed by atoms with E-state index in [0.29, 0.717) is 12.1 Å². The second kappa shape index (κ2) is 6.00. The third kappa shape index (κ3) is 2.90. The summed E-state index contributed by atoms with van der Waals surface area (Å²) in [7, 11) is 0. The fourth-order valence-electron chi connectivity index (χ4n) is 3.43. The number of anilines is 1. The number of aromatic nitrogens is 1. The third-order valence-electron chi connectivity index (χ3n) is 4.32. The molecule has 2 aliphatic heterocycles. The number of hydrogen-bond acceptors (Lipinski definition) is 4. The zero-order chi connectivity index (χ0) is 13.9. The first kappa shape index (κ1) is 13.7. The molecule has 0 amide bonds. The number of nitrogens with zero attached hydrogens (tertiary/aromatic N) is 2. The summed E-state index contributed by atoms with van der Waals surface area (Å²) in [5, 5.41) is 3.68. The minimum absolute atomic E-state index is 0.153. The lowest BCUT2D eigenvalue weighted by Gasteiger charge is -2.33. The number of nitrogens with one attached hydrogen (secondary N) is 1. The molecule has 4 nitrogen and oxygen atoms in total. The molecule has 110 valence electrons. The van der Waals surface area contributed by atoms with E-state index in [1.54, 1.807) is 6.20 Å². The number of hydrogen-bond donors (Lipinski definition) is 1. The Hall–Kier alpha value is -1.29. The molecule has 0 aliphatic carbocycles. The highest BCUT2D eigenvalue weighted by Gasteiger charge is 2.35. The molecular formula is C16H25N3O. The smallest absolute Gasteiger partial charge is 0.237 e. The SMILES string of the molecule is CC(C)Oc1ncccc1NC1CCN2CCCCC12.